The van der Waals surface area contributed by atoms with Crippen LogP contribution in [0.25, 0.3) is 22.3 Å². The summed E-state index contributed by atoms with van der Waals surface area (Å²) >= 11 is 6.24. The monoisotopic (exact) mass is 558 g/mol. The Morgan fingerprint density at radius 3 is 2.56 bits per heavy atom. The Kier molecular flexibility index (Phi) is 8.34. The third-order valence-corrected chi connectivity index (χ3v) is 6.88. The second-order valence-corrected chi connectivity index (χ2v) is 9.51. The van der Waals surface area contributed by atoms with Crippen LogP contribution in [0.5, 0.6) is 5.75 Å². The summed E-state index contributed by atoms with van der Waals surface area (Å²) in [6.45, 7) is 1.16. The maximum atomic E-state index is 13.2. The molecule has 0 saturated heterocycles. The minimum Gasteiger partial charge on any atom is -0.838 e. The molecule has 1 aliphatic rings. The molecular weight excluding hydrogens is 534 g/mol. The van der Waals surface area contributed by atoms with Gasteiger partial charge in [0, 0.05) is 11.7 Å². The topological polar surface area (TPSA) is 154 Å². The van der Waals surface area contributed by atoms with E-state index in [4.69, 9.17) is 30.2 Å². The second kappa shape index (κ2) is 11.5. The van der Waals surface area contributed by atoms with E-state index in [1.165, 1.54) is 25.3 Å². The molecule has 0 bridgehead atoms. The van der Waals surface area contributed by atoms with Gasteiger partial charge in [-0.3, -0.25) is 14.4 Å². The van der Waals surface area contributed by atoms with Crippen molar-refractivity contribution < 1.29 is 38.1 Å². The molecule has 1 saturated carbocycles. The number of para-hydroxylation sites is 1. The van der Waals surface area contributed by atoms with Gasteiger partial charge in [0.2, 0.25) is 0 Å². The lowest BCUT2D eigenvalue weighted by Gasteiger charge is -2.34. The Labute approximate surface area is 227 Å². The predicted octanol–water partition coefficient (Wildman–Crippen LogP) is 3.61. The first kappa shape index (κ1) is 28.2. The highest BCUT2D eigenvalue weighted by Crippen LogP contribution is 2.41. The summed E-state index contributed by atoms with van der Waals surface area (Å²) < 4.78 is 26.9. The number of nitroso groups, excluding NO2 is 1. The van der Waals surface area contributed by atoms with Crippen molar-refractivity contribution in [2.45, 2.75) is 31.5 Å². The molecule has 0 aliphatic heterocycles. The van der Waals surface area contributed by atoms with E-state index in [1.54, 1.807) is 18.2 Å². The number of ether oxygens (including phenoxy) is 4. The van der Waals surface area contributed by atoms with Crippen LogP contribution in [0, 0.1) is 10.8 Å². The minimum absolute atomic E-state index is 0.00134. The van der Waals surface area contributed by atoms with Gasteiger partial charge in [0.05, 0.1) is 48.8 Å². The maximum absolute atomic E-state index is 13.2. The van der Waals surface area contributed by atoms with Crippen molar-refractivity contribution in [2.24, 2.45) is 11.1 Å². The number of hydrogen-bond acceptors (Lipinski definition) is 11. The number of benzene rings is 2. The van der Waals surface area contributed by atoms with Gasteiger partial charge in [0.1, 0.15) is 23.8 Å². The molecule has 1 atom stereocenters. The molecule has 4 rings (SSSR count). The average molecular weight is 559 g/mol. The molecule has 39 heavy (non-hydrogen) atoms. The summed E-state index contributed by atoms with van der Waals surface area (Å²) in [5.41, 5.74) is -3.29. The second-order valence-electron chi connectivity index (χ2n) is 9.11. The van der Waals surface area contributed by atoms with Gasteiger partial charge in [-0.25, -0.2) is 0 Å². The van der Waals surface area contributed by atoms with E-state index in [-0.39, 0.29) is 75.5 Å². The van der Waals surface area contributed by atoms with E-state index in [1.807, 2.05) is 0 Å². The molecule has 11 nitrogen and oxygen atoms in total. The van der Waals surface area contributed by atoms with Crippen LogP contribution in [-0.4, -0.2) is 45.5 Å². The summed E-state index contributed by atoms with van der Waals surface area (Å²) in [6, 6.07) is 8.31. The van der Waals surface area contributed by atoms with Crippen LogP contribution < -0.4 is 15.3 Å². The van der Waals surface area contributed by atoms with Crippen LogP contribution in [0.1, 0.15) is 25.3 Å². The fourth-order valence-corrected chi connectivity index (χ4v) is 4.56. The molecule has 2 aromatic carbocycles. The normalized spacial score (nSPS) is 18.1. The SMILES string of the molecule is COC(=O)C1CC(OCCOc2cc(C(C)([O-])C(=O)OC)c(N=O)cc2-c2cc(=O)c3cccc(Cl)c3o2)C1. The zero-order chi connectivity index (χ0) is 28.3. The highest BCUT2D eigenvalue weighted by Gasteiger charge is 2.36. The van der Waals surface area contributed by atoms with E-state index in [9.17, 15) is 24.4 Å². The van der Waals surface area contributed by atoms with Gasteiger partial charge >= 0.3 is 5.97 Å². The lowest BCUT2D eigenvalue weighted by Crippen LogP contribution is -2.46. The molecule has 1 unspecified atom stereocenters. The summed E-state index contributed by atoms with van der Waals surface area (Å²) in [5.74, 6) is -1.59. The summed E-state index contributed by atoms with van der Waals surface area (Å²) in [4.78, 5) is 48.3. The first-order valence-corrected chi connectivity index (χ1v) is 12.3. The van der Waals surface area contributed by atoms with Crippen LogP contribution in [-0.2, 0) is 29.4 Å². The number of esters is 2. The molecule has 0 amide bonds. The van der Waals surface area contributed by atoms with Crippen LogP contribution in [0.3, 0.4) is 0 Å². The van der Waals surface area contributed by atoms with Gasteiger partial charge in [-0.05, 0) is 47.8 Å². The quantitative estimate of drug-likeness (QED) is 0.205. The first-order valence-electron chi connectivity index (χ1n) is 12.0. The summed E-state index contributed by atoms with van der Waals surface area (Å²) in [7, 11) is 2.38. The number of carbonyl (C=O) groups excluding carboxylic acids is 2. The highest BCUT2D eigenvalue weighted by atomic mass is 35.5. The van der Waals surface area contributed by atoms with Gasteiger partial charge in [0.25, 0.3) is 5.97 Å². The molecule has 3 aromatic rings. The van der Waals surface area contributed by atoms with Crippen LogP contribution >= 0.6 is 11.6 Å². The van der Waals surface area contributed by atoms with Gasteiger partial charge in [-0.1, -0.05) is 24.6 Å². The summed E-state index contributed by atoms with van der Waals surface area (Å²) in [5, 5.41) is 16.5. The van der Waals surface area contributed by atoms with Crippen LogP contribution in [0.2, 0.25) is 5.02 Å². The molecule has 1 aliphatic carbocycles. The number of methoxy groups -OCH3 is 2. The maximum Gasteiger partial charge on any atom is 0.308 e. The Morgan fingerprint density at radius 2 is 1.90 bits per heavy atom. The molecule has 12 heteroatoms. The Bertz CT molecular complexity index is 1480. The summed E-state index contributed by atoms with van der Waals surface area (Å²) in [6.07, 6.45) is 0.913. The van der Waals surface area contributed by atoms with E-state index in [0.29, 0.717) is 12.8 Å². The van der Waals surface area contributed by atoms with Crippen molar-refractivity contribution in [2.75, 3.05) is 27.4 Å². The van der Waals surface area contributed by atoms with Crippen molar-refractivity contribution in [3.05, 3.63) is 62.1 Å². The number of nitrogens with zero attached hydrogens (tertiary/aromatic N) is 1. The van der Waals surface area contributed by atoms with Crippen molar-refractivity contribution in [3.8, 4) is 17.1 Å². The standard InChI is InChI=1S/C27H25ClNO10/c1-27(33,26(32)36-3)18-12-22(38-8-7-37-15-9-14(10-15)25(31)35-2)17(11-20(18)29-34)23-13-21(30)16-5-4-6-19(28)24(16)39-23/h4-6,11-15H,7-10H2,1-3H3/q-1. The van der Waals surface area contributed by atoms with Crippen molar-refractivity contribution in [1.82, 2.24) is 0 Å². The fourth-order valence-electron chi connectivity index (χ4n) is 4.35. The molecular formula is C27H25ClNO10-. The Hall–Kier alpha value is -3.80. The molecule has 1 aromatic heterocycles. The van der Waals surface area contributed by atoms with E-state index in [2.05, 4.69) is 9.91 Å². The minimum atomic E-state index is -2.49. The Balaban J connectivity index is 1.68. The van der Waals surface area contributed by atoms with Gasteiger partial charge < -0.3 is 28.5 Å². The zero-order valence-electron chi connectivity index (χ0n) is 21.4. The van der Waals surface area contributed by atoms with Crippen molar-refractivity contribution in [1.29, 1.82) is 0 Å². The number of rotatable bonds is 10. The van der Waals surface area contributed by atoms with Gasteiger partial charge in [-0.15, -0.1) is 4.91 Å². The smallest absolute Gasteiger partial charge is 0.308 e. The largest absolute Gasteiger partial charge is 0.838 e. The third kappa shape index (κ3) is 5.65. The van der Waals surface area contributed by atoms with Gasteiger partial charge in [-0.2, -0.15) is 0 Å². The van der Waals surface area contributed by atoms with Gasteiger partial charge in [0.15, 0.2) is 11.0 Å². The van der Waals surface area contributed by atoms with Crippen molar-refractivity contribution in [3.63, 3.8) is 0 Å². The predicted molar refractivity (Wildman–Crippen MR) is 138 cm³/mol. The molecule has 0 spiro atoms. The third-order valence-electron chi connectivity index (χ3n) is 6.58. The van der Waals surface area contributed by atoms with Crippen LogP contribution in [0.4, 0.5) is 5.69 Å². The highest BCUT2D eigenvalue weighted by molar-refractivity contribution is 6.34. The van der Waals surface area contributed by atoms with E-state index < -0.39 is 17.0 Å². The number of carbonyl (C=O) groups is 2. The lowest BCUT2D eigenvalue weighted by molar-refractivity contribution is -0.465. The van der Waals surface area contributed by atoms with Crippen molar-refractivity contribution >= 4 is 40.2 Å². The Morgan fingerprint density at radius 1 is 1.15 bits per heavy atom. The van der Waals surface area contributed by atoms with E-state index >= 15 is 0 Å². The molecule has 206 valence electrons. The molecule has 0 radical (unpaired) electrons. The zero-order valence-corrected chi connectivity index (χ0v) is 22.1. The average Bonchev–Trinajstić information content (AvgIpc) is 2.91. The molecule has 0 N–H and O–H groups in total. The first-order chi connectivity index (χ1) is 18.6. The lowest BCUT2D eigenvalue weighted by atomic mass is 9.82. The van der Waals surface area contributed by atoms with Crippen LogP contribution in [0.15, 0.2) is 50.8 Å². The number of halogens is 1. The fraction of sp³-hybridized carbons (Fsp3) is 0.370. The molecule has 1 fully saturated rings. The number of hydrogen-bond donors (Lipinski definition) is 0. The molecule has 1 heterocycles. The van der Waals surface area contributed by atoms with E-state index in [0.717, 1.165) is 14.0 Å². The number of fused-ring (bicyclic) bond motifs is 1.